The first-order chi connectivity index (χ1) is 12.1. The molecule has 0 N–H and O–H groups in total. The molecule has 0 atom stereocenters. The van der Waals surface area contributed by atoms with Crippen LogP contribution < -0.4 is 9.64 Å². The van der Waals surface area contributed by atoms with Gasteiger partial charge in [-0.2, -0.15) is 0 Å². The molecule has 5 heteroatoms. The number of aryl methyl sites for hydroxylation is 2. The molecule has 0 aliphatic heterocycles. The van der Waals surface area contributed by atoms with Crippen molar-refractivity contribution in [2.45, 2.75) is 27.2 Å². The predicted molar refractivity (Wildman–Crippen MR) is 99.7 cm³/mol. The molecule has 130 valence electrons. The van der Waals surface area contributed by atoms with Crippen molar-refractivity contribution in [1.82, 2.24) is 9.38 Å². The average molecular weight is 337 g/mol. The van der Waals surface area contributed by atoms with Crippen LogP contribution >= 0.6 is 0 Å². The lowest BCUT2D eigenvalue weighted by Gasteiger charge is -2.22. The Morgan fingerprint density at radius 2 is 2.04 bits per heavy atom. The fourth-order valence-electron chi connectivity index (χ4n) is 3.09. The molecule has 0 spiro atoms. The molecule has 0 aliphatic carbocycles. The van der Waals surface area contributed by atoms with E-state index in [1.165, 1.54) is 0 Å². The van der Waals surface area contributed by atoms with Gasteiger partial charge in [0.15, 0.2) is 11.4 Å². The summed E-state index contributed by atoms with van der Waals surface area (Å²) in [6.07, 6.45) is 2.54. The SMILES string of the molecule is CCc1nc2c(OC)cccn2c1C(=O)N(CC)c1cccc(C)c1. The van der Waals surface area contributed by atoms with Gasteiger partial charge >= 0.3 is 0 Å². The van der Waals surface area contributed by atoms with Crippen LogP contribution in [-0.2, 0) is 6.42 Å². The monoisotopic (exact) mass is 337 g/mol. The third kappa shape index (κ3) is 2.97. The first-order valence-corrected chi connectivity index (χ1v) is 8.53. The van der Waals surface area contributed by atoms with E-state index in [4.69, 9.17) is 4.74 Å². The van der Waals surface area contributed by atoms with Gasteiger partial charge in [-0.15, -0.1) is 0 Å². The van der Waals surface area contributed by atoms with E-state index in [0.717, 1.165) is 16.9 Å². The minimum atomic E-state index is -0.0503. The van der Waals surface area contributed by atoms with Gasteiger partial charge in [0.25, 0.3) is 5.91 Å². The van der Waals surface area contributed by atoms with E-state index in [1.807, 2.05) is 67.8 Å². The third-order valence-electron chi connectivity index (χ3n) is 4.32. The molecule has 0 bridgehead atoms. The average Bonchev–Trinajstić information content (AvgIpc) is 3.01. The van der Waals surface area contributed by atoms with E-state index < -0.39 is 0 Å². The lowest BCUT2D eigenvalue weighted by atomic mass is 10.2. The maximum Gasteiger partial charge on any atom is 0.277 e. The summed E-state index contributed by atoms with van der Waals surface area (Å²) in [6.45, 7) is 6.60. The number of carbonyl (C=O) groups excluding carboxylic acids is 1. The van der Waals surface area contributed by atoms with Crippen molar-refractivity contribution >= 4 is 17.2 Å². The number of anilines is 1. The quantitative estimate of drug-likeness (QED) is 0.710. The summed E-state index contributed by atoms with van der Waals surface area (Å²) in [6, 6.07) is 11.7. The number of imidazole rings is 1. The molecule has 1 aromatic carbocycles. The van der Waals surface area contributed by atoms with Crippen molar-refractivity contribution in [2.75, 3.05) is 18.6 Å². The van der Waals surface area contributed by atoms with Gasteiger partial charge in [-0.1, -0.05) is 19.1 Å². The zero-order valence-electron chi connectivity index (χ0n) is 15.1. The number of ether oxygens (including phenoxy) is 1. The Morgan fingerprint density at radius 1 is 1.24 bits per heavy atom. The summed E-state index contributed by atoms with van der Waals surface area (Å²) in [5.74, 6) is 0.612. The maximum absolute atomic E-state index is 13.4. The number of benzene rings is 1. The van der Waals surface area contributed by atoms with Crippen molar-refractivity contribution in [3.8, 4) is 5.75 Å². The van der Waals surface area contributed by atoms with Gasteiger partial charge < -0.3 is 9.64 Å². The van der Waals surface area contributed by atoms with Gasteiger partial charge in [-0.05, 0) is 50.1 Å². The summed E-state index contributed by atoms with van der Waals surface area (Å²) >= 11 is 0. The van der Waals surface area contributed by atoms with Crippen LogP contribution in [-0.4, -0.2) is 28.9 Å². The minimum Gasteiger partial charge on any atom is -0.493 e. The second kappa shape index (κ2) is 6.97. The van der Waals surface area contributed by atoms with Crippen LogP contribution in [0.1, 0.15) is 35.6 Å². The Morgan fingerprint density at radius 3 is 2.68 bits per heavy atom. The highest BCUT2D eigenvalue weighted by atomic mass is 16.5. The van der Waals surface area contributed by atoms with Gasteiger partial charge in [0.05, 0.1) is 12.8 Å². The first-order valence-electron chi connectivity index (χ1n) is 8.53. The molecule has 0 fully saturated rings. The van der Waals surface area contributed by atoms with E-state index in [-0.39, 0.29) is 5.91 Å². The molecule has 0 saturated carbocycles. The van der Waals surface area contributed by atoms with E-state index in [9.17, 15) is 4.79 Å². The van der Waals surface area contributed by atoms with Crippen LogP contribution in [0.3, 0.4) is 0 Å². The third-order valence-corrected chi connectivity index (χ3v) is 4.32. The molecule has 0 unspecified atom stereocenters. The summed E-state index contributed by atoms with van der Waals surface area (Å²) in [5.41, 5.74) is 4.07. The van der Waals surface area contributed by atoms with Crippen molar-refractivity contribution in [3.05, 3.63) is 59.5 Å². The molecule has 3 rings (SSSR count). The summed E-state index contributed by atoms with van der Waals surface area (Å²) < 4.78 is 7.23. The van der Waals surface area contributed by atoms with Crippen molar-refractivity contribution < 1.29 is 9.53 Å². The van der Waals surface area contributed by atoms with E-state index in [0.29, 0.717) is 30.1 Å². The fourth-order valence-corrected chi connectivity index (χ4v) is 3.09. The second-order valence-corrected chi connectivity index (χ2v) is 5.92. The number of hydrogen-bond donors (Lipinski definition) is 0. The van der Waals surface area contributed by atoms with Crippen molar-refractivity contribution in [2.24, 2.45) is 0 Å². The molecule has 25 heavy (non-hydrogen) atoms. The Hall–Kier alpha value is -2.82. The second-order valence-electron chi connectivity index (χ2n) is 5.92. The number of carbonyl (C=O) groups is 1. The Balaban J connectivity index is 2.15. The fraction of sp³-hybridized carbons (Fsp3) is 0.300. The number of hydrogen-bond acceptors (Lipinski definition) is 3. The van der Waals surface area contributed by atoms with Crippen LogP contribution in [0.15, 0.2) is 42.6 Å². The molecule has 3 aromatic rings. The number of amides is 1. The smallest absolute Gasteiger partial charge is 0.277 e. The lowest BCUT2D eigenvalue weighted by Crippen LogP contribution is -2.32. The van der Waals surface area contributed by atoms with Crippen molar-refractivity contribution in [3.63, 3.8) is 0 Å². The van der Waals surface area contributed by atoms with Gasteiger partial charge in [-0.25, -0.2) is 4.98 Å². The van der Waals surface area contributed by atoms with Gasteiger partial charge in [0, 0.05) is 18.4 Å². The standard InChI is InChI=1S/C20H23N3O2/c1-5-16-18(23-12-8-11-17(25-4)19(23)21-16)20(24)22(6-2)15-10-7-9-14(3)13-15/h7-13H,5-6H2,1-4H3. The van der Waals surface area contributed by atoms with Gasteiger partial charge in [-0.3, -0.25) is 9.20 Å². The summed E-state index contributed by atoms with van der Waals surface area (Å²) in [4.78, 5) is 19.8. The first kappa shape index (κ1) is 17.0. The highest BCUT2D eigenvalue weighted by Gasteiger charge is 2.25. The van der Waals surface area contributed by atoms with Gasteiger partial charge in [0.2, 0.25) is 0 Å². The highest BCUT2D eigenvalue weighted by Crippen LogP contribution is 2.25. The van der Waals surface area contributed by atoms with Crippen LogP contribution in [0, 0.1) is 6.92 Å². The largest absolute Gasteiger partial charge is 0.493 e. The molecule has 2 aromatic heterocycles. The highest BCUT2D eigenvalue weighted by molar-refractivity contribution is 6.06. The molecule has 0 radical (unpaired) electrons. The number of pyridine rings is 1. The van der Waals surface area contributed by atoms with E-state index in [2.05, 4.69) is 4.98 Å². The molecule has 5 nitrogen and oxygen atoms in total. The summed E-state index contributed by atoms with van der Waals surface area (Å²) in [7, 11) is 1.61. The molecule has 1 amide bonds. The molecule has 0 aliphatic rings. The van der Waals surface area contributed by atoms with Crippen LogP contribution in [0.4, 0.5) is 5.69 Å². The van der Waals surface area contributed by atoms with Crippen LogP contribution in [0.5, 0.6) is 5.75 Å². The lowest BCUT2D eigenvalue weighted by molar-refractivity contribution is 0.0981. The van der Waals surface area contributed by atoms with E-state index in [1.54, 1.807) is 12.0 Å². The predicted octanol–water partition coefficient (Wildman–Crippen LogP) is 3.88. The van der Waals surface area contributed by atoms with Crippen LogP contribution in [0.2, 0.25) is 0 Å². The number of methoxy groups -OCH3 is 1. The molecular weight excluding hydrogens is 314 g/mol. The minimum absolute atomic E-state index is 0.0503. The normalized spacial score (nSPS) is 10.9. The molecule has 0 saturated heterocycles. The molecule has 2 heterocycles. The van der Waals surface area contributed by atoms with Gasteiger partial charge in [0.1, 0.15) is 5.69 Å². The number of fused-ring (bicyclic) bond motifs is 1. The summed E-state index contributed by atoms with van der Waals surface area (Å²) in [5, 5.41) is 0. The van der Waals surface area contributed by atoms with Crippen molar-refractivity contribution in [1.29, 1.82) is 0 Å². The Bertz CT molecular complexity index is 914. The zero-order chi connectivity index (χ0) is 18.0. The number of aromatic nitrogens is 2. The maximum atomic E-state index is 13.4. The number of rotatable bonds is 5. The number of nitrogens with zero attached hydrogens (tertiary/aromatic N) is 3. The Kier molecular flexibility index (Phi) is 4.74. The van der Waals surface area contributed by atoms with Crippen LogP contribution in [0.25, 0.3) is 5.65 Å². The molecular formula is C20H23N3O2. The van der Waals surface area contributed by atoms with E-state index >= 15 is 0 Å². The topological polar surface area (TPSA) is 46.8 Å². The zero-order valence-corrected chi connectivity index (χ0v) is 15.1. The Labute approximate surface area is 147 Å².